The quantitative estimate of drug-likeness (QED) is 0.378. The molecule has 64 valence electrons. The minimum atomic E-state index is -2.89. The Bertz CT molecular complexity index is 168. The van der Waals surface area contributed by atoms with Crippen LogP contribution in [0.5, 0.6) is 0 Å². The number of hydrogen-bond acceptors (Lipinski definition) is 1. The van der Waals surface area contributed by atoms with Crippen LogP contribution in [0, 0.1) is 0 Å². The zero-order valence-electron chi connectivity index (χ0n) is 7.04. The van der Waals surface area contributed by atoms with Crippen molar-refractivity contribution in [2.24, 2.45) is 4.76 Å². The first-order valence-electron chi connectivity index (χ1n) is 3.55. The van der Waals surface area contributed by atoms with Gasteiger partial charge in [0.2, 0.25) is 0 Å². The number of halogens is 1. The molecule has 0 rings (SSSR count). The molecule has 0 aromatic carbocycles. The molecule has 0 bridgehead atoms. The van der Waals surface area contributed by atoms with Gasteiger partial charge in [-0.3, -0.25) is 0 Å². The predicted molar refractivity (Wildman–Crippen MR) is 44.7 cm³/mol. The van der Waals surface area contributed by atoms with Gasteiger partial charge in [0, 0.05) is 22.4 Å². The van der Waals surface area contributed by atoms with Crippen molar-refractivity contribution >= 4 is 14.1 Å². The van der Waals surface area contributed by atoms with E-state index in [2.05, 4.69) is 4.76 Å². The third-order valence-electron chi connectivity index (χ3n) is 1.44. The van der Waals surface area contributed by atoms with Gasteiger partial charge in [0.05, 0.1) is 4.20 Å². The van der Waals surface area contributed by atoms with Crippen molar-refractivity contribution in [3.63, 3.8) is 0 Å². The summed E-state index contributed by atoms with van der Waals surface area (Å²) in [6.07, 6.45) is 0. The lowest BCUT2D eigenvalue weighted by Crippen LogP contribution is -2.27. The van der Waals surface area contributed by atoms with Crippen molar-refractivity contribution in [1.29, 1.82) is 0 Å². The summed E-state index contributed by atoms with van der Waals surface area (Å²) in [5.41, 5.74) is 0. The molecule has 5 heteroatoms. The zero-order chi connectivity index (χ0) is 8.85. The Labute approximate surface area is 67.3 Å². The van der Waals surface area contributed by atoms with Crippen LogP contribution in [-0.4, -0.2) is 23.8 Å². The first kappa shape index (κ1) is 10.5. The van der Waals surface area contributed by atoms with Crippen LogP contribution in [0.4, 0.5) is 4.20 Å². The maximum absolute atomic E-state index is 11.9. The molecular weight excluding hydrogens is 166 g/mol. The molecule has 0 aromatic heterocycles. The molecule has 0 spiro atoms. The lowest BCUT2D eigenvalue weighted by atomic mass is 10.5. The first-order chi connectivity index (χ1) is 5.11. The monoisotopic (exact) mass is 179 g/mol. The molecule has 1 unspecified atom stereocenters. The van der Waals surface area contributed by atoms with Crippen LogP contribution in [0.25, 0.3) is 0 Å². The van der Waals surface area contributed by atoms with Crippen molar-refractivity contribution in [3.8, 4) is 0 Å². The Kier molecular flexibility index (Phi) is 4.95. The Balaban J connectivity index is 4.18. The summed E-state index contributed by atoms with van der Waals surface area (Å²) in [5.74, 6) is 0.499. The van der Waals surface area contributed by atoms with Crippen molar-refractivity contribution in [3.05, 3.63) is 0 Å². The molecule has 3 nitrogen and oxygen atoms in total. The van der Waals surface area contributed by atoms with Crippen molar-refractivity contribution in [1.82, 2.24) is 4.90 Å². The van der Waals surface area contributed by atoms with Crippen LogP contribution in [0.3, 0.4) is 0 Å². The fourth-order valence-corrected chi connectivity index (χ4v) is 1.21. The van der Waals surface area contributed by atoms with Crippen LogP contribution in [0.1, 0.15) is 20.8 Å². The molecule has 0 aliphatic heterocycles. The summed E-state index contributed by atoms with van der Waals surface area (Å²) in [6.45, 7) is 7.05. The van der Waals surface area contributed by atoms with Crippen LogP contribution < -0.4 is 0 Å². The molecule has 0 N–H and O–H groups in total. The third kappa shape index (κ3) is 4.04. The van der Waals surface area contributed by atoms with Gasteiger partial charge in [-0.25, -0.2) is 0 Å². The zero-order valence-corrected chi connectivity index (χ0v) is 7.94. The fraction of sp³-hybridized carbons (Fsp3) is 0.833. The van der Waals surface area contributed by atoms with Crippen LogP contribution in [0.15, 0.2) is 4.76 Å². The van der Waals surface area contributed by atoms with Gasteiger partial charge in [-0.2, -0.15) is 0 Å². The van der Waals surface area contributed by atoms with Gasteiger partial charge in [-0.05, 0) is 20.8 Å². The van der Waals surface area contributed by atoms with E-state index in [0.717, 1.165) is 13.1 Å². The predicted octanol–water partition coefficient (Wildman–Crippen LogP) is 2.37. The normalized spacial score (nSPS) is 13.1. The number of rotatable bonds is 3. The smallest absolute Gasteiger partial charge is 0.357 e. The fourth-order valence-electron chi connectivity index (χ4n) is 0.858. The van der Waals surface area contributed by atoms with E-state index >= 15 is 0 Å². The highest BCUT2D eigenvalue weighted by Crippen LogP contribution is 2.23. The summed E-state index contributed by atoms with van der Waals surface area (Å²) in [7, 11) is -2.89. The minimum Gasteiger partial charge on any atom is -0.357 e. The van der Waals surface area contributed by atoms with E-state index in [4.69, 9.17) is 0 Å². The molecule has 1 atom stereocenters. The highest BCUT2D eigenvalue weighted by Gasteiger charge is 2.14. The van der Waals surface area contributed by atoms with Crippen molar-refractivity contribution in [2.75, 3.05) is 13.1 Å². The van der Waals surface area contributed by atoms with Crippen LogP contribution in [0.2, 0.25) is 0 Å². The molecule has 0 radical (unpaired) electrons. The Morgan fingerprint density at radius 3 is 2.27 bits per heavy atom. The van der Waals surface area contributed by atoms with E-state index in [9.17, 15) is 8.76 Å². The van der Waals surface area contributed by atoms with Gasteiger partial charge in [0.1, 0.15) is 0 Å². The van der Waals surface area contributed by atoms with E-state index in [-0.39, 0.29) is 0 Å². The van der Waals surface area contributed by atoms with E-state index in [0.29, 0.717) is 5.84 Å². The van der Waals surface area contributed by atoms with Crippen LogP contribution >= 0.6 is 8.26 Å². The maximum atomic E-state index is 11.9. The second kappa shape index (κ2) is 5.19. The molecule has 0 aliphatic carbocycles. The second-order valence-corrected chi connectivity index (χ2v) is 2.70. The highest BCUT2D eigenvalue weighted by atomic mass is 31.1. The SMILES string of the molecule is CCN(CC)/C(C)=N/[P+](=O)F. The van der Waals surface area contributed by atoms with Crippen molar-refractivity contribution < 1.29 is 8.76 Å². The summed E-state index contributed by atoms with van der Waals surface area (Å²) in [5, 5.41) is 0. The Morgan fingerprint density at radius 2 is 2.00 bits per heavy atom. The molecule has 0 aromatic rings. The van der Waals surface area contributed by atoms with Crippen molar-refractivity contribution in [2.45, 2.75) is 20.8 Å². The number of amidine groups is 1. The molecule has 11 heavy (non-hydrogen) atoms. The third-order valence-corrected chi connectivity index (χ3v) is 1.89. The van der Waals surface area contributed by atoms with Gasteiger partial charge in [0.25, 0.3) is 0 Å². The summed E-state index contributed by atoms with van der Waals surface area (Å²) in [6, 6.07) is 0. The largest absolute Gasteiger partial charge is 0.719 e. The number of hydrogen-bond donors (Lipinski definition) is 0. The summed E-state index contributed by atoms with van der Waals surface area (Å²) < 4.78 is 25.2. The molecule has 0 saturated carbocycles. The summed E-state index contributed by atoms with van der Waals surface area (Å²) in [4.78, 5) is 1.84. The lowest BCUT2D eigenvalue weighted by Gasteiger charge is -2.16. The molecule has 0 fully saturated rings. The molecule has 0 saturated heterocycles. The average Bonchev–Trinajstić information content (AvgIpc) is 1.88. The second-order valence-electron chi connectivity index (χ2n) is 2.05. The highest BCUT2D eigenvalue weighted by molar-refractivity contribution is 7.37. The van der Waals surface area contributed by atoms with Gasteiger partial charge < -0.3 is 4.90 Å². The average molecular weight is 179 g/mol. The Hall–Kier alpha value is -0.500. The molecule has 0 amide bonds. The van der Waals surface area contributed by atoms with E-state index < -0.39 is 8.26 Å². The standard InChI is InChI=1S/C6H13FN2OP/c1-4-9(5-2)6(3)8-11(7)10/h4-5H2,1-3H3/q+1/b8-6+. The molecule has 0 aliphatic rings. The Morgan fingerprint density at radius 1 is 1.55 bits per heavy atom. The van der Waals surface area contributed by atoms with Gasteiger partial charge >= 0.3 is 8.26 Å². The number of nitrogens with zero attached hydrogens (tertiary/aromatic N) is 2. The van der Waals surface area contributed by atoms with Gasteiger partial charge in [-0.15, -0.1) is 0 Å². The molecular formula is C6H13FN2OP+. The van der Waals surface area contributed by atoms with Crippen LogP contribution in [-0.2, 0) is 4.57 Å². The maximum Gasteiger partial charge on any atom is 0.719 e. The molecule has 0 heterocycles. The van der Waals surface area contributed by atoms with Gasteiger partial charge in [0.15, 0.2) is 5.84 Å². The lowest BCUT2D eigenvalue weighted by molar-refractivity contribution is 0.463. The van der Waals surface area contributed by atoms with E-state index in [1.165, 1.54) is 0 Å². The topological polar surface area (TPSA) is 32.7 Å². The van der Waals surface area contributed by atoms with E-state index in [1.54, 1.807) is 6.92 Å². The van der Waals surface area contributed by atoms with Gasteiger partial charge in [-0.1, -0.05) is 0 Å². The first-order valence-corrected chi connectivity index (χ1v) is 4.65. The summed E-state index contributed by atoms with van der Waals surface area (Å²) >= 11 is 0. The van der Waals surface area contributed by atoms with E-state index in [1.807, 2.05) is 18.7 Å². The minimum absolute atomic E-state index is 0.499.